The molecule has 162 valence electrons. The first kappa shape index (κ1) is 21.2. The molecule has 5 rings (SSSR count). The van der Waals surface area contributed by atoms with E-state index in [-0.39, 0.29) is 5.56 Å². The molecule has 0 N–H and O–H groups in total. The third-order valence-electron chi connectivity index (χ3n) is 5.79. The zero-order valence-corrected chi connectivity index (χ0v) is 19.7. The Labute approximate surface area is 196 Å². The third kappa shape index (κ3) is 4.06. The first-order valence-corrected chi connectivity index (χ1v) is 12.6. The van der Waals surface area contributed by atoms with Crippen LogP contribution in [-0.4, -0.2) is 26.7 Å². The fraction of sp³-hybridized carbons (Fsp3) is 0.231. The largest absolute Gasteiger partial charge is 0.294 e. The molecule has 3 heterocycles. The standard InChI is InChI=1S/C26H25N3OS2/c1-3-15-31-26-27-24-23(25(30)29(26)20-11-9-18(2)10-12-20)21-13-14-28(17-22(21)32-24)16-19-7-5-4-6-8-19/h3-12H,1,13-17H2,2H3. The van der Waals surface area contributed by atoms with Crippen molar-refractivity contribution in [2.75, 3.05) is 12.3 Å². The van der Waals surface area contributed by atoms with Crippen LogP contribution in [0.15, 0.2) is 77.2 Å². The Morgan fingerprint density at radius 1 is 1.16 bits per heavy atom. The van der Waals surface area contributed by atoms with Crippen LogP contribution in [0, 0.1) is 6.92 Å². The first-order valence-electron chi connectivity index (χ1n) is 10.8. The van der Waals surface area contributed by atoms with Gasteiger partial charge in [0.05, 0.1) is 11.1 Å². The number of hydrogen-bond acceptors (Lipinski definition) is 5. The molecule has 4 aromatic rings. The van der Waals surface area contributed by atoms with Gasteiger partial charge in [-0.25, -0.2) is 4.98 Å². The van der Waals surface area contributed by atoms with Crippen molar-refractivity contribution < 1.29 is 0 Å². The summed E-state index contributed by atoms with van der Waals surface area (Å²) in [6, 6.07) is 18.7. The molecule has 0 atom stereocenters. The van der Waals surface area contributed by atoms with Gasteiger partial charge in [-0.15, -0.1) is 17.9 Å². The van der Waals surface area contributed by atoms with E-state index in [2.05, 4.69) is 48.7 Å². The van der Waals surface area contributed by atoms with Gasteiger partial charge in [0.25, 0.3) is 5.56 Å². The molecule has 0 aliphatic carbocycles. The molecule has 1 aliphatic rings. The summed E-state index contributed by atoms with van der Waals surface area (Å²) < 4.78 is 1.78. The second-order valence-electron chi connectivity index (χ2n) is 8.10. The lowest BCUT2D eigenvalue weighted by atomic mass is 10.0. The maximum atomic E-state index is 13.8. The maximum Gasteiger partial charge on any atom is 0.267 e. The number of rotatable bonds is 6. The number of aryl methyl sites for hydroxylation is 1. The van der Waals surface area contributed by atoms with Crippen LogP contribution in [0.3, 0.4) is 0 Å². The van der Waals surface area contributed by atoms with E-state index >= 15 is 0 Å². The lowest BCUT2D eigenvalue weighted by Gasteiger charge is -2.26. The van der Waals surface area contributed by atoms with E-state index in [1.54, 1.807) is 27.7 Å². The highest BCUT2D eigenvalue weighted by Crippen LogP contribution is 2.34. The lowest BCUT2D eigenvalue weighted by Crippen LogP contribution is -2.30. The molecule has 6 heteroatoms. The van der Waals surface area contributed by atoms with E-state index in [4.69, 9.17) is 4.98 Å². The molecule has 0 bridgehead atoms. The molecule has 4 nitrogen and oxygen atoms in total. The van der Waals surface area contributed by atoms with Crippen molar-refractivity contribution in [3.05, 3.63) is 99.2 Å². The molecule has 0 saturated carbocycles. The molecule has 0 saturated heterocycles. The summed E-state index contributed by atoms with van der Waals surface area (Å²) in [6.45, 7) is 8.63. The fourth-order valence-electron chi connectivity index (χ4n) is 4.21. The molecule has 0 spiro atoms. The molecule has 32 heavy (non-hydrogen) atoms. The van der Waals surface area contributed by atoms with Gasteiger partial charge in [0.1, 0.15) is 4.83 Å². The number of thioether (sulfide) groups is 1. The summed E-state index contributed by atoms with van der Waals surface area (Å²) in [6.07, 6.45) is 2.73. The van der Waals surface area contributed by atoms with Gasteiger partial charge < -0.3 is 0 Å². The van der Waals surface area contributed by atoms with Crippen LogP contribution in [0.1, 0.15) is 21.6 Å². The number of fused-ring (bicyclic) bond motifs is 3. The van der Waals surface area contributed by atoms with Crippen molar-refractivity contribution in [2.24, 2.45) is 0 Å². The van der Waals surface area contributed by atoms with Crippen molar-refractivity contribution in [2.45, 2.75) is 31.6 Å². The van der Waals surface area contributed by atoms with Crippen LogP contribution in [0.25, 0.3) is 15.9 Å². The minimum atomic E-state index is 0.0411. The van der Waals surface area contributed by atoms with Crippen LogP contribution in [0.5, 0.6) is 0 Å². The number of benzene rings is 2. The van der Waals surface area contributed by atoms with Gasteiger partial charge in [0, 0.05) is 30.3 Å². The van der Waals surface area contributed by atoms with Gasteiger partial charge in [0.15, 0.2) is 5.16 Å². The molecule has 2 aromatic heterocycles. The second kappa shape index (κ2) is 9.06. The Hall–Kier alpha value is -2.67. The fourth-order valence-corrected chi connectivity index (χ4v) is 6.26. The topological polar surface area (TPSA) is 38.1 Å². The van der Waals surface area contributed by atoms with Crippen molar-refractivity contribution in [1.29, 1.82) is 0 Å². The molecule has 0 unspecified atom stereocenters. The van der Waals surface area contributed by atoms with Crippen LogP contribution < -0.4 is 5.56 Å². The number of nitrogens with zero attached hydrogens (tertiary/aromatic N) is 3. The van der Waals surface area contributed by atoms with E-state index in [1.807, 2.05) is 30.3 Å². The van der Waals surface area contributed by atoms with Crippen LogP contribution in [-0.2, 0) is 19.5 Å². The zero-order chi connectivity index (χ0) is 22.1. The predicted octanol–water partition coefficient (Wildman–Crippen LogP) is 5.59. The molecule has 0 amide bonds. The first-order chi connectivity index (χ1) is 15.6. The molecule has 0 radical (unpaired) electrons. The lowest BCUT2D eigenvalue weighted by molar-refractivity contribution is 0.249. The van der Waals surface area contributed by atoms with Gasteiger partial charge >= 0.3 is 0 Å². The number of hydrogen-bond donors (Lipinski definition) is 0. The van der Waals surface area contributed by atoms with Gasteiger partial charge in [-0.3, -0.25) is 14.3 Å². The second-order valence-corrected chi connectivity index (χ2v) is 10.2. The summed E-state index contributed by atoms with van der Waals surface area (Å²) in [5, 5.41) is 1.53. The summed E-state index contributed by atoms with van der Waals surface area (Å²) in [4.78, 5) is 23.3. The van der Waals surface area contributed by atoms with Crippen molar-refractivity contribution in [3.63, 3.8) is 0 Å². The summed E-state index contributed by atoms with van der Waals surface area (Å²) >= 11 is 3.23. The van der Waals surface area contributed by atoms with Crippen LogP contribution >= 0.6 is 23.1 Å². The zero-order valence-electron chi connectivity index (χ0n) is 18.1. The van der Waals surface area contributed by atoms with E-state index in [1.165, 1.54) is 21.6 Å². The van der Waals surface area contributed by atoms with E-state index in [9.17, 15) is 4.79 Å². The quantitative estimate of drug-likeness (QED) is 0.214. The monoisotopic (exact) mass is 459 g/mol. The van der Waals surface area contributed by atoms with Crippen LogP contribution in [0.2, 0.25) is 0 Å². The highest BCUT2D eigenvalue weighted by atomic mass is 32.2. The highest BCUT2D eigenvalue weighted by molar-refractivity contribution is 7.99. The number of aromatic nitrogens is 2. The average molecular weight is 460 g/mol. The maximum absolute atomic E-state index is 13.8. The Kier molecular flexibility index (Phi) is 6.00. The summed E-state index contributed by atoms with van der Waals surface area (Å²) in [7, 11) is 0. The minimum absolute atomic E-state index is 0.0411. The molecular formula is C26H25N3OS2. The smallest absolute Gasteiger partial charge is 0.267 e. The average Bonchev–Trinajstić information content (AvgIpc) is 3.17. The predicted molar refractivity (Wildman–Crippen MR) is 135 cm³/mol. The highest BCUT2D eigenvalue weighted by Gasteiger charge is 2.25. The van der Waals surface area contributed by atoms with Gasteiger partial charge in [0.2, 0.25) is 0 Å². The van der Waals surface area contributed by atoms with Crippen molar-refractivity contribution in [3.8, 4) is 5.69 Å². The molecule has 0 fully saturated rings. The van der Waals surface area contributed by atoms with Gasteiger partial charge in [-0.2, -0.15) is 0 Å². The van der Waals surface area contributed by atoms with E-state index in [0.717, 1.165) is 47.1 Å². The van der Waals surface area contributed by atoms with E-state index < -0.39 is 0 Å². The van der Waals surface area contributed by atoms with Crippen LogP contribution in [0.4, 0.5) is 0 Å². The van der Waals surface area contributed by atoms with Crippen molar-refractivity contribution >= 4 is 33.3 Å². The summed E-state index contributed by atoms with van der Waals surface area (Å²) in [5.41, 5.74) is 4.58. The molecular weight excluding hydrogens is 434 g/mol. The summed E-state index contributed by atoms with van der Waals surface area (Å²) in [5.74, 6) is 0.708. The Morgan fingerprint density at radius 3 is 2.69 bits per heavy atom. The SMILES string of the molecule is C=CCSc1nc2sc3c(c2c(=O)n1-c1ccc(C)cc1)CCN(Cc1ccccc1)C3. The minimum Gasteiger partial charge on any atom is -0.294 e. The Bertz CT molecular complexity index is 1320. The van der Waals surface area contributed by atoms with Gasteiger partial charge in [-0.05, 0) is 36.6 Å². The Balaban J connectivity index is 1.57. The molecule has 1 aliphatic heterocycles. The Morgan fingerprint density at radius 2 is 1.94 bits per heavy atom. The van der Waals surface area contributed by atoms with Gasteiger partial charge in [-0.1, -0.05) is 65.9 Å². The van der Waals surface area contributed by atoms with E-state index in [0.29, 0.717) is 5.75 Å². The normalized spacial score (nSPS) is 13.9. The number of thiophene rings is 1. The third-order valence-corrected chi connectivity index (χ3v) is 7.84. The molecule has 2 aromatic carbocycles. The van der Waals surface area contributed by atoms with Crippen molar-refractivity contribution in [1.82, 2.24) is 14.5 Å².